The molecule has 0 bridgehead atoms. The van der Waals surface area contributed by atoms with Gasteiger partial charge < -0.3 is 19.3 Å². The first-order valence-electron chi connectivity index (χ1n) is 9.93. The van der Waals surface area contributed by atoms with E-state index in [0.29, 0.717) is 25.3 Å². The van der Waals surface area contributed by atoms with Gasteiger partial charge >= 0.3 is 0 Å². The van der Waals surface area contributed by atoms with Crippen LogP contribution in [0.15, 0.2) is 48.5 Å². The third kappa shape index (κ3) is 4.89. The first-order valence-corrected chi connectivity index (χ1v) is 9.93. The van der Waals surface area contributed by atoms with Gasteiger partial charge in [-0.2, -0.15) is 0 Å². The molecule has 0 aliphatic carbocycles. The standard InChI is InChI=1S/C24H29N3O3/c1-17-6-8-18(9-7-17)24(28)27(12-13-29-4)16-20-14-19-10-11-21(30-5)15-22(19)25-23(20)26(2)3/h6-11,14-15H,12-13,16H2,1-5H3. The molecule has 6 nitrogen and oxygen atoms in total. The SMILES string of the molecule is COCCN(Cc1cc2ccc(OC)cc2nc1N(C)C)C(=O)c1ccc(C)cc1. The highest BCUT2D eigenvalue weighted by Gasteiger charge is 2.19. The lowest BCUT2D eigenvalue weighted by Crippen LogP contribution is -2.34. The lowest BCUT2D eigenvalue weighted by Gasteiger charge is -2.25. The van der Waals surface area contributed by atoms with Crippen molar-refractivity contribution in [1.29, 1.82) is 0 Å². The van der Waals surface area contributed by atoms with Gasteiger partial charge in [-0.1, -0.05) is 17.7 Å². The number of carbonyl (C=O) groups excluding carboxylic acids is 1. The number of carbonyl (C=O) groups is 1. The van der Waals surface area contributed by atoms with Gasteiger partial charge in [0.2, 0.25) is 0 Å². The number of aryl methyl sites for hydroxylation is 1. The Balaban J connectivity index is 1.98. The van der Waals surface area contributed by atoms with Gasteiger partial charge in [-0.15, -0.1) is 0 Å². The Kier molecular flexibility index (Phi) is 6.90. The number of hydrogen-bond acceptors (Lipinski definition) is 5. The summed E-state index contributed by atoms with van der Waals surface area (Å²) in [5.41, 5.74) is 3.63. The van der Waals surface area contributed by atoms with E-state index in [2.05, 4.69) is 6.07 Å². The van der Waals surface area contributed by atoms with Crippen molar-refractivity contribution >= 4 is 22.6 Å². The van der Waals surface area contributed by atoms with Crippen molar-refractivity contribution in [1.82, 2.24) is 9.88 Å². The first-order chi connectivity index (χ1) is 14.4. The van der Waals surface area contributed by atoms with Crippen LogP contribution in [0.2, 0.25) is 0 Å². The average Bonchev–Trinajstić information content (AvgIpc) is 2.75. The number of rotatable bonds is 8. The molecular formula is C24H29N3O3. The normalized spacial score (nSPS) is 10.8. The summed E-state index contributed by atoms with van der Waals surface area (Å²) in [4.78, 5) is 21.8. The van der Waals surface area contributed by atoms with Crippen molar-refractivity contribution in [2.45, 2.75) is 13.5 Å². The fourth-order valence-corrected chi connectivity index (χ4v) is 3.35. The van der Waals surface area contributed by atoms with Crippen LogP contribution in [0.25, 0.3) is 10.9 Å². The smallest absolute Gasteiger partial charge is 0.254 e. The third-order valence-corrected chi connectivity index (χ3v) is 5.02. The zero-order valence-electron chi connectivity index (χ0n) is 18.3. The van der Waals surface area contributed by atoms with Crippen LogP contribution in [0, 0.1) is 6.92 Å². The van der Waals surface area contributed by atoms with E-state index in [1.807, 2.05) is 73.3 Å². The maximum absolute atomic E-state index is 13.2. The molecule has 0 aliphatic rings. The number of anilines is 1. The highest BCUT2D eigenvalue weighted by atomic mass is 16.5. The van der Waals surface area contributed by atoms with Gasteiger partial charge in [0.25, 0.3) is 5.91 Å². The second-order valence-electron chi connectivity index (χ2n) is 7.51. The van der Waals surface area contributed by atoms with Crippen molar-refractivity contribution in [2.75, 3.05) is 46.4 Å². The molecule has 0 saturated carbocycles. The lowest BCUT2D eigenvalue weighted by atomic mass is 10.1. The maximum atomic E-state index is 13.2. The molecule has 30 heavy (non-hydrogen) atoms. The lowest BCUT2D eigenvalue weighted by molar-refractivity contribution is 0.0680. The molecule has 6 heteroatoms. The molecule has 0 spiro atoms. The van der Waals surface area contributed by atoms with Gasteiger partial charge in [0.1, 0.15) is 11.6 Å². The molecule has 0 N–H and O–H groups in total. The van der Waals surface area contributed by atoms with Crippen LogP contribution in [0.1, 0.15) is 21.5 Å². The molecule has 0 fully saturated rings. The number of ether oxygens (including phenoxy) is 2. The summed E-state index contributed by atoms with van der Waals surface area (Å²) in [5.74, 6) is 1.57. The number of hydrogen-bond donors (Lipinski definition) is 0. The Bertz CT molecular complexity index is 1020. The third-order valence-electron chi connectivity index (χ3n) is 5.02. The molecule has 1 aromatic heterocycles. The number of fused-ring (bicyclic) bond motifs is 1. The number of benzene rings is 2. The van der Waals surface area contributed by atoms with Crippen LogP contribution in [0.3, 0.4) is 0 Å². The molecule has 0 unspecified atom stereocenters. The monoisotopic (exact) mass is 407 g/mol. The van der Waals surface area contributed by atoms with Crippen LogP contribution < -0.4 is 9.64 Å². The minimum atomic E-state index is -0.0217. The Morgan fingerprint density at radius 3 is 2.40 bits per heavy atom. The predicted octanol–water partition coefficient (Wildman–Crippen LogP) is 3.91. The number of nitrogens with zero attached hydrogens (tertiary/aromatic N) is 3. The largest absolute Gasteiger partial charge is 0.497 e. The summed E-state index contributed by atoms with van der Waals surface area (Å²) in [6.45, 7) is 3.42. The van der Waals surface area contributed by atoms with Gasteiger partial charge in [0, 0.05) is 56.9 Å². The van der Waals surface area contributed by atoms with E-state index in [4.69, 9.17) is 14.5 Å². The summed E-state index contributed by atoms with van der Waals surface area (Å²) in [7, 11) is 7.20. The number of aromatic nitrogens is 1. The number of pyridine rings is 1. The van der Waals surface area contributed by atoms with Crippen molar-refractivity contribution in [3.05, 3.63) is 65.2 Å². The Hall–Kier alpha value is -3.12. The van der Waals surface area contributed by atoms with E-state index in [-0.39, 0.29) is 5.91 Å². The zero-order chi connectivity index (χ0) is 21.7. The van der Waals surface area contributed by atoms with Gasteiger partial charge in [0.15, 0.2) is 0 Å². The van der Waals surface area contributed by atoms with Gasteiger partial charge in [0.05, 0.1) is 19.2 Å². The molecule has 1 heterocycles. The van der Waals surface area contributed by atoms with E-state index in [1.54, 1.807) is 14.2 Å². The molecule has 0 aliphatic heterocycles. The van der Waals surface area contributed by atoms with Gasteiger partial charge in [-0.05, 0) is 37.3 Å². The minimum absolute atomic E-state index is 0.0217. The van der Waals surface area contributed by atoms with Crippen LogP contribution in [0.4, 0.5) is 5.82 Å². The van der Waals surface area contributed by atoms with Crippen LogP contribution >= 0.6 is 0 Å². The van der Waals surface area contributed by atoms with Crippen LogP contribution in [-0.2, 0) is 11.3 Å². The van der Waals surface area contributed by atoms with Crippen molar-refractivity contribution in [3.8, 4) is 5.75 Å². The van der Waals surface area contributed by atoms with E-state index >= 15 is 0 Å². The quantitative estimate of drug-likeness (QED) is 0.567. The number of methoxy groups -OCH3 is 2. The minimum Gasteiger partial charge on any atom is -0.497 e. The maximum Gasteiger partial charge on any atom is 0.254 e. The highest BCUT2D eigenvalue weighted by Crippen LogP contribution is 2.27. The van der Waals surface area contributed by atoms with Crippen LogP contribution in [-0.4, -0.2) is 57.3 Å². The molecular weight excluding hydrogens is 378 g/mol. The molecule has 0 radical (unpaired) electrons. The molecule has 1 amide bonds. The highest BCUT2D eigenvalue weighted by molar-refractivity contribution is 5.94. The second kappa shape index (κ2) is 9.59. The van der Waals surface area contributed by atoms with Crippen molar-refractivity contribution in [3.63, 3.8) is 0 Å². The molecule has 3 aromatic rings. The Labute approximate surface area is 178 Å². The topological polar surface area (TPSA) is 54.9 Å². The summed E-state index contributed by atoms with van der Waals surface area (Å²) in [6.07, 6.45) is 0. The molecule has 0 saturated heterocycles. The Morgan fingerprint density at radius 1 is 1.03 bits per heavy atom. The van der Waals surface area contributed by atoms with Gasteiger partial charge in [-0.25, -0.2) is 4.98 Å². The Morgan fingerprint density at radius 2 is 1.77 bits per heavy atom. The summed E-state index contributed by atoms with van der Waals surface area (Å²) in [6, 6.07) is 15.6. The summed E-state index contributed by atoms with van der Waals surface area (Å²) < 4.78 is 10.6. The first kappa shape index (κ1) is 21.6. The summed E-state index contributed by atoms with van der Waals surface area (Å²) >= 11 is 0. The average molecular weight is 408 g/mol. The van der Waals surface area contributed by atoms with Crippen molar-refractivity contribution in [2.24, 2.45) is 0 Å². The number of amides is 1. The second-order valence-corrected chi connectivity index (χ2v) is 7.51. The van der Waals surface area contributed by atoms with E-state index < -0.39 is 0 Å². The fourth-order valence-electron chi connectivity index (χ4n) is 3.35. The van der Waals surface area contributed by atoms with Gasteiger partial charge in [-0.3, -0.25) is 4.79 Å². The predicted molar refractivity (Wildman–Crippen MR) is 120 cm³/mol. The zero-order valence-corrected chi connectivity index (χ0v) is 18.3. The van der Waals surface area contributed by atoms with E-state index in [9.17, 15) is 4.79 Å². The van der Waals surface area contributed by atoms with E-state index in [0.717, 1.165) is 33.6 Å². The van der Waals surface area contributed by atoms with E-state index in [1.165, 1.54) is 0 Å². The van der Waals surface area contributed by atoms with Crippen molar-refractivity contribution < 1.29 is 14.3 Å². The molecule has 0 atom stereocenters. The fraction of sp³-hybridized carbons (Fsp3) is 0.333. The molecule has 158 valence electrons. The molecule has 3 rings (SSSR count). The molecule has 2 aromatic carbocycles. The summed E-state index contributed by atoms with van der Waals surface area (Å²) in [5, 5.41) is 1.01. The van der Waals surface area contributed by atoms with Crippen LogP contribution in [0.5, 0.6) is 5.75 Å².